The van der Waals surface area contributed by atoms with Crippen molar-refractivity contribution in [3.63, 3.8) is 0 Å². The van der Waals surface area contributed by atoms with Crippen LogP contribution in [0.1, 0.15) is 33.1 Å². The van der Waals surface area contributed by atoms with Crippen LogP contribution < -0.4 is 5.32 Å². The third-order valence-corrected chi connectivity index (χ3v) is 4.07. The number of nitriles is 1. The number of rotatable bonds is 5. The SMILES string of the molecule is CCSC1CCCC1NCC(C)C#N. The Labute approximate surface area is 91.4 Å². The number of thioether (sulfide) groups is 1. The van der Waals surface area contributed by atoms with Gasteiger partial charge < -0.3 is 5.32 Å². The second-order valence-electron chi connectivity index (χ2n) is 3.97. The molecule has 1 saturated carbocycles. The number of nitrogens with one attached hydrogen (secondary N) is 1. The van der Waals surface area contributed by atoms with E-state index in [9.17, 15) is 0 Å². The van der Waals surface area contributed by atoms with Crippen molar-refractivity contribution >= 4 is 11.8 Å². The molecule has 0 spiro atoms. The molecule has 0 heterocycles. The van der Waals surface area contributed by atoms with E-state index in [-0.39, 0.29) is 5.92 Å². The van der Waals surface area contributed by atoms with E-state index in [0.29, 0.717) is 6.04 Å². The van der Waals surface area contributed by atoms with E-state index in [0.717, 1.165) is 11.8 Å². The molecule has 1 aliphatic carbocycles. The maximum absolute atomic E-state index is 8.68. The van der Waals surface area contributed by atoms with Crippen LogP contribution in [0.3, 0.4) is 0 Å². The van der Waals surface area contributed by atoms with E-state index in [2.05, 4.69) is 30.1 Å². The first-order chi connectivity index (χ1) is 6.77. The zero-order valence-electron chi connectivity index (χ0n) is 9.12. The van der Waals surface area contributed by atoms with Gasteiger partial charge in [0.2, 0.25) is 0 Å². The van der Waals surface area contributed by atoms with Gasteiger partial charge in [-0.15, -0.1) is 0 Å². The summed E-state index contributed by atoms with van der Waals surface area (Å²) in [6, 6.07) is 2.92. The summed E-state index contributed by atoms with van der Waals surface area (Å²) in [5.41, 5.74) is 0. The summed E-state index contributed by atoms with van der Waals surface area (Å²) in [4.78, 5) is 0. The van der Waals surface area contributed by atoms with Crippen LogP contribution >= 0.6 is 11.8 Å². The van der Waals surface area contributed by atoms with Crippen LogP contribution in [0, 0.1) is 17.2 Å². The first-order valence-electron chi connectivity index (χ1n) is 5.52. The molecule has 1 fully saturated rings. The molecule has 0 aromatic heterocycles. The largest absolute Gasteiger partial charge is 0.312 e. The van der Waals surface area contributed by atoms with Crippen LogP contribution in [0.4, 0.5) is 0 Å². The summed E-state index contributed by atoms with van der Waals surface area (Å²) in [5, 5.41) is 13.0. The Kier molecular flexibility index (Phi) is 5.36. The highest BCUT2D eigenvalue weighted by atomic mass is 32.2. The molecule has 3 unspecified atom stereocenters. The minimum absolute atomic E-state index is 0.142. The predicted octanol–water partition coefficient (Wildman–Crippen LogP) is 2.41. The van der Waals surface area contributed by atoms with Crippen molar-refractivity contribution in [2.45, 2.75) is 44.4 Å². The van der Waals surface area contributed by atoms with Crippen molar-refractivity contribution < 1.29 is 0 Å². The molecule has 2 nitrogen and oxygen atoms in total. The molecule has 1 N–H and O–H groups in total. The molecule has 3 atom stereocenters. The molecule has 0 aromatic carbocycles. The average Bonchev–Trinajstić information content (AvgIpc) is 2.62. The summed E-state index contributed by atoms with van der Waals surface area (Å²) >= 11 is 2.06. The number of nitrogens with zero attached hydrogens (tertiary/aromatic N) is 1. The molecule has 1 aliphatic rings. The van der Waals surface area contributed by atoms with Crippen molar-refractivity contribution in [1.29, 1.82) is 5.26 Å². The molecule has 3 heteroatoms. The van der Waals surface area contributed by atoms with Gasteiger partial charge in [0.05, 0.1) is 12.0 Å². The van der Waals surface area contributed by atoms with Crippen LogP contribution in [0.15, 0.2) is 0 Å². The van der Waals surface area contributed by atoms with Crippen molar-refractivity contribution in [2.75, 3.05) is 12.3 Å². The first kappa shape index (κ1) is 11.9. The van der Waals surface area contributed by atoms with E-state index < -0.39 is 0 Å². The van der Waals surface area contributed by atoms with E-state index in [4.69, 9.17) is 5.26 Å². The Morgan fingerprint density at radius 1 is 1.57 bits per heavy atom. The standard InChI is InChI=1S/C11H20N2S/c1-3-14-11-6-4-5-10(11)13-8-9(2)7-12/h9-11,13H,3-6,8H2,1-2H3. The summed E-state index contributed by atoms with van der Waals surface area (Å²) in [7, 11) is 0. The fourth-order valence-electron chi connectivity index (χ4n) is 1.95. The minimum atomic E-state index is 0.142. The predicted molar refractivity (Wildman–Crippen MR) is 62.3 cm³/mol. The molecule has 1 rings (SSSR count). The van der Waals surface area contributed by atoms with Gasteiger partial charge in [-0.05, 0) is 25.5 Å². The zero-order chi connectivity index (χ0) is 10.4. The summed E-state index contributed by atoms with van der Waals surface area (Å²) in [6.07, 6.45) is 3.98. The van der Waals surface area contributed by atoms with E-state index in [1.807, 2.05) is 6.92 Å². The van der Waals surface area contributed by atoms with E-state index >= 15 is 0 Å². The molecule has 0 radical (unpaired) electrons. The lowest BCUT2D eigenvalue weighted by Gasteiger charge is -2.20. The van der Waals surface area contributed by atoms with Gasteiger partial charge in [-0.3, -0.25) is 0 Å². The smallest absolute Gasteiger partial charge is 0.0666 e. The summed E-state index contributed by atoms with van der Waals surface area (Å²) < 4.78 is 0. The zero-order valence-corrected chi connectivity index (χ0v) is 9.94. The molecule has 0 amide bonds. The van der Waals surface area contributed by atoms with Crippen molar-refractivity contribution in [3.8, 4) is 6.07 Å². The van der Waals surface area contributed by atoms with E-state index in [1.54, 1.807) is 0 Å². The second-order valence-corrected chi connectivity index (χ2v) is 5.49. The van der Waals surface area contributed by atoms with Gasteiger partial charge in [0.25, 0.3) is 0 Å². The van der Waals surface area contributed by atoms with Gasteiger partial charge in [0.15, 0.2) is 0 Å². The normalized spacial score (nSPS) is 28.6. The molecule has 0 saturated heterocycles. The lowest BCUT2D eigenvalue weighted by atomic mass is 10.2. The van der Waals surface area contributed by atoms with Crippen LogP contribution in [-0.2, 0) is 0 Å². The lowest BCUT2D eigenvalue weighted by molar-refractivity contribution is 0.498. The highest BCUT2D eigenvalue weighted by molar-refractivity contribution is 7.99. The Balaban J connectivity index is 2.25. The van der Waals surface area contributed by atoms with Crippen LogP contribution in [0.5, 0.6) is 0 Å². The van der Waals surface area contributed by atoms with Gasteiger partial charge in [-0.25, -0.2) is 0 Å². The van der Waals surface area contributed by atoms with Gasteiger partial charge >= 0.3 is 0 Å². The maximum atomic E-state index is 8.68. The average molecular weight is 212 g/mol. The summed E-state index contributed by atoms with van der Waals surface area (Å²) in [6.45, 7) is 5.05. The van der Waals surface area contributed by atoms with Gasteiger partial charge in [0, 0.05) is 17.8 Å². The molecular weight excluding hydrogens is 192 g/mol. The fourth-order valence-corrected chi connectivity index (χ4v) is 3.17. The molecule has 0 aromatic rings. The van der Waals surface area contributed by atoms with E-state index in [1.165, 1.54) is 25.0 Å². The third kappa shape index (κ3) is 3.51. The highest BCUT2D eigenvalue weighted by Gasteiger charge is 2.26. The van der Waals surface area contributed by atoms with Gasteiger partial charge in [0.1, 0.15) is 0 Å². The third-order valence-electron chi connectivity index (χ3n) is 2.74. The monoisotopic (exact) mass is 212 g/mol. The fraction of sp³-hybridized carbons (Fsp3) is 0.909. The second kappa shape index (κ2) is 6.31. The quantitative estimate of drug-likeness (QED) is 0.760. The topological polar surface area (TPSA) is 35.8 Å². The number of hydrogen-bond donors (Lipinski definition) is 1. The van der Waals surface area contributed by atoms with Crippen molar-refractivity contribution in [2.24, 2.45) is 5.92 Å². The van der Waals surface area contributed by atoms with Crippen molar-refractivity contribution in [3.05, 3.63) is 0 Å². The van der Waals surface area contributed by atoms with Gasteiger partial charge in [-0.2, -0.15) is 17.0 Å². The van der Waals surface area contributed by atoms with Crippen molar-refractivity contribution in [1.82, 2.24) is 5.32 Å². The first-order valence-corrected chi connectivity index (χ1v) is 6.57. The Morgan fingerprint density at radius 2 is 2.36 bits per heavy atom. The maximum Gasteiger partial charge on any atom is 0.0666 e. The Hall–Kier alpha value is -0.200. The Morgan fingerprint density at radius 3 is 3.00 bits per heavy atom. The minimum Gasteiger partial charge on any atom is -0.312 e. The molecule has 0 bridgehead atoms. The highest BCUT2D eigenvalue weighted by Crippen LogP contribution is 2.29. The Bertz CT molecular complexity index is 200. The molecule has 0 aliphatic heterocycles. The lowest BCUT2D eigenvalue weighted by Crippen LogP contribution is -2.36. The summed E-state index contributed by atoms with van der Waals surface area (Å²) in [5.74, 6) is 1.35. The molecule has 14 heavy (non-hydrogen) atoms. The van der Waals surface area contributed by atoms with Crippen LogP contribution in [0.2, 0.25) is 0 Å². The number of hydrogen-bond acceptors (Lipinski definition) is 3. The van der Waals surface area contributed by atoms with Crippen LogP contribution in [0.25, 0.3) is 0 Å². The molecule has 80 valence electrons. The van der Waals surface area contributed by atoms with Crippen LogP contribution in [-0.4, -0.2) is 23.6 Å². The van der Waals surface area contributed by atoms with Gasteiger partial charge in [-0.1, -0.05) is 13.3 Å². The molecular formula is C11H20N2S.